The molecule has 2 heteroatoms. The zero-order valence-electron chi connectivity index (χ0n) is 10.0. The number of nitrogens with one attached hydrogen (secondary N) is 1. The lowest BCUT2D eigenvalue weighted by Gasteiger charge is -2.24. The number of nitrogens with zero attached hydrogens (tertiary/aromatic N) is 1. The lowest BCUT2D eigenvalue weighted by Crippen LogP contribution is -2.31. The summed E-state index contributed by atoms with van der Waals surface area (Å²) >= 11 is 0. The molecule has 1 unspecified atom stereocenters. The lowest BCUT2D eigenvalue weighted by atomic mass is 10.1. The Hall–Kier alpha value is -0.860. The van der Waals surface area contributed by atoms with Gasteiger partial charge in [0.1, 0.15) is 0 Å². The molecule has 0 spiro atoms. The first-order valence-corrected chi connectivity index (χ1v) is 5.63. The monoisotopic (exact) mass is 206 g/mol. The Morgan fingerprint density at radius 3 is 2.53 bits per heavy atom. The topological polar surface area (TPSA) is 15.3 Å². The summed E-state index contributed by atoms with van der Waals surface area (Å²) in [6, 6.07) is 11.2. The molecule has 0 amide bonds. The van der Waals surface area contributed by atoms with Crippen LogP contribution < -0.4 is 5.32 Å². The summed E-state index contributed by atoms with van der Waals surface area (Å²) in [7, 11) is 4.19. The maximum absolute atomic E-state index is 3.19. The van der Waals surface area contributed by atoms with Crippen molar-refractivity contribution in [2.24, 2.45) is 0 Å². The Balaban J connectivity index is 2.38. The third-order valence-electron chi connectivity index (χ3n) is 2.84. The van der Waals surface area contributed by atoms with Crippen LogP contribution in [0.1, 0.15) is 18.9 Å². The lowest BCUT2D eigenvalue weighted by molar-refractivity contribution is 0.237. The second-order valence-corrected chi connectivity index (χ2v) is 4.14. The molecule has 0 aliphatic heterocycles. The fraction of sp³-hybridized carbons (Fsp3) is 0.538. The predicted octanol–water partition coefficient (Wildman–Crippen LogP) is 2.12. The fourth-order valence-corrected chi connectivity index (χ4v) is 1.60. The van der Waals surface area contributed by atoms with Crippen LogP contribution in [-0.2, 0) is 6.54 Å². The molecule has 1 rings (SSSR count). The molecule has 0 aromatic heterocycles. The maximum atomic E-state index is 3.19. The van der Waals surface area contributed by atoms with Gasteiger partial charge in [0.15, 0.2) is 0 Å². The summed E-state index contributed by atoms with van der Waals surface area (Å²) in [5, 5.41) is 3.19. The average molecular weight is 206 g/mol. The molecule has 0 saturated carbocycles. The van der Waals surface area contributed by atoms with Gasteiger partial charge in [-0.05, 0) is 39.5 Å². The van der Waals surface area contributed by atoms with Gasteiger partial charge in [0, 0.05) is 12.6 Å². The minimum absolute atomic E-state index is 0.623. The highest BCUT2D eigenvalue weighted by Crippen LogP contribution is 2.07. The molecular formula is C13H22N2. The van der Waals surface area contributed by atoms with Crippen molar-refractivity contribution >= 4 is 0 Å². The minimum Gasteiger partial charge on any atom is -0.320 e. The summed E-state index contributed by atoms with van der Waals surface area (Å²) in [6.07, 6.45) is 1.19. The van der Waals surface area contributed by atoms with Gasteiger partial charge in [-0.2, -0.15) is 0 Å². The van der Waals surface area contributed by atoms with Crippen LogP contribution in [0.15, 0.2) is 30.3 Å². The van der Waals surface area contributed by atoms with E-state index in [0.717, 1.165) is 13.1 Å². The Morgan fingerprint density at radius 2 is 1.93 bits per heavy atom. The van der Waals surface area contributed by atoms with Crippen molar-refractivity contribution in [1.29, 1.82) is 0 Å². The summed E-state index contributed by atoms with van der Waals surface area (Å²) < 4.78 is 0. The molecule has 1 aromatic carbocycles. The van der Waals surface area contributed by atoms with E-state index in [-0.39, 0.29) is 0 Å². The van der Waals surface area contributed by atoms with E-state index in [4.69, 9.17) is 0 Å². The van der Waals surface area contributed by atoms with Gasteiger partial charge in [0.2, 0.25) is 0 Å². The van der Waals surface area contributed by atoms with E-state index in [1.165, 1.54) is 12.0 Å². The van der Waals surface area contributed by atoms with Crippen LogP contribution in [0.25, 0.3) is 0 Å². The molecule has 0 bridgehead atoms. The highest BCUT2D eigenvalue weighted by Gasteiger charge is 2.08. The van der Waals surface area contributed by atoms with Crippen LogP contribution >= 0.6 is 0 Å². The Kier molecular flexibility index (Phi) is 5.37. The van der Waals surface area contributed by atoms with Gasteiger partial charge in [0.25, 0.3) is 0 Å². The van der Waals surface area contributed by atoms with Gasteiger partial charge in [-0.1, -0.05) is 30.3 Å². The van der Waals surface area contributed by atoms with Crippen LogP contribution in [0.3, 0.4) is 0 Å². The summed E-state index contributed by atoms with van der Waals surface area (Å²) in [4.78, 5) is 2.40. The molecule has 84 valence electrons. The van der Waals surface area contributed by atoms with E-state index in [0.29, 0.717) is 6.04 Å². The molecule has 0 saturated heterocycles. The molecule has 1 N–H and O–H groups in total. The smallest absolute Gasteiger partial charge is 0.0233 e. The second kappa shape index (κ2) is 6.59. The van der Waals surface area contributed by atoms with Gasteiger partial charge in [0.05, 0.1) is 0 Å². The van der Waals surface area contributed by atoms with Crippen LogP contribution in [0.5, 0.6) is 0 Å². The maximum Gasteiger partial charge on any atom is 0.0233 e. The zero-order valence-corrected chi connectivity index (χ0v) is 10.0. The van der Waals surface area contributed by atoms with E-state index < -0.39 is 0 Å². The number of benzene rings is 1. The molecule has 0 heterocycles. The molecule has 1 aromatic rings. The van der Waals surface area contributed by atoms with Crippen molar-refractivity contribution in [3.8, 4) is 0 Å². The van der Waals surface area contributed by atoms with Gasteiger partial charge in [-0.3, -0.25) is 4.90 Å². The van der Waals surface area contributed by atoms with Gasteiger partial charge < -0.3 is 5.32 Å². The fourth-order valence-electron chi connectivity index (χ4n) is 1.60. The first-order valence-electron chi connectivity index (χ1n) is 5.63. The molecule has 0 aliphatic carbocycles. The Bertz CT molecular complexity index is 258. The van der Waals surface area contributed by atoms with Crippen molar-refractivity contribution in [3.05, 3.63) is 35.9 Å². The highest BCUT2D eigenvalue weighted by atomic mass is 15.1. The van der Waals surface area contributed by atoms with Crippen molar-refractivity contribution in [3.63, 3.8) is 0 Å². The van der Waals surface area contributed by atoms with Crippen LogP contribution in [-0.4, -0.2) is 31.6 Å². The molecule has 1 atom stereocenters. The standard InChI is InChI=1S/C13H22N2/c1-12(9-10-14-2)15(3)11-13-7-5-4-6-8-13/h4-8,12,14H,9-11H2,1-3H3. The molecular weight excluding hydrogens is 184 g/mol. The van der Waals surface area contributed by atoms with Crippen LogP contribution in [0, 0.1) is 0 Å². The molecule has 15 heavy (non-hydrogen) atoms. The average Bonchev–Trinajstić information content (AvgIpc) is 2.27. The highest BCUT2D eigenvalue weighted by molar-refractivity contribution is 5.14. The van der Waals surface area contributed by atoms with Crippen LogP contribution in [0.2, 0.25) is 0 Å². The zero-order chi connectivity index (χ0) is 11.1. The van der Waals surface area contributed by atoms with E-state index in [1.54, 1.807) is 0 Å². The second-order valence-electron chi connectivity index (χ2n) is 4.14. The van der Waals surface area contributed by atoms with Gasteiger partial charge in [-0.15, -0.1) is 0 Å². The predicted molar refractivity (Wildman–Crippen MR) is 65.9 cm³/mol. The first-order chi connectivity index (χ1) is 7.24. The summed E-state index contributed by atoms with van der Waals surface area (Å²) in [5.74, 6) is 0. The molecule has 0 aliphatic rings. The third-order valence-corrected chi connectivity index (χ3v) is 2.84. The van der Waals surface area contributed by atoms with Gasteiger partial charge in [-0.25, -0.2) is 0 Å². The molecule has 0 fully saturated rings. The van der Waals surface area contributed by atoms with Crippen molar-refractivity contribution in [2.45, 2.75) is 25.9 Å². The number of hydrogen-bond donors (Lipinski definition) is 1. The van der Waals surface area contributed by atoms with E-state index in [2.05, 4.69) is 54.5 Å². The Labute approximate surface area is 93.3 Å². The normalized spacial score (nSPS) is 13.1. The summed E-state index contributed by atoms with van der Waals surface area (Å²) in [5.41, 5.74) is 1.39. The summed E-state index contributed by atoms with van der Waals surface area (Å²) in [6.45, 7) is 4.40. The first kappa shape index (κ1) is 12.2. The minimum atomic E-state index is 0.623. The largest absolute Gasteiger partial charge is 0.320 e. The van der Waals surface area contributed by atoms with Crippen molar-refractivity contribution in [2.75, 3.05) is 20.6 Å². The quantitative estimate of drug-likeness (QED) is 0.767. The third kappa shape index (κ3) is 4.45. The van der Waals surface area contributed by atoms with E-state index in [9.17, 15) is 0 Å². The van der Waals surface area contributed by atoms with E-state index in [1.807, 2.05) is 7.05 Å². The SMILES string of the molecule is CNCCC(C)N(C)Cc1ccccc1. The van der Waals surface area contributed by atoms with Crippen molar-refractivity contribution < 1.29 is 0 Å². The Morgan fingerprint density at radius 1 is 1.27 bits per heavy atom. The van der Waals surface area contributed by atoms with Gasteiger partial charge >= 0.3 is 0 Å². The van der Waals surface area contributed by atoms with Crippen LogP contribution in [0.4, 0.5) is 0 Å². The van der Waals surface area contributed by atoms with Crippen molar-refractivity contribution in [1.82, 2.24) is 10.2 Å². The van der Waals surface area contributed by atoms with E-state index >= 15 is 0 Å². The molecule has 2 nitrogen and oxygen atoms in total. The number of rotatable bonds is 6. The number of hydrogen-bond acceptors (Lipinski definition) is 2. The molecule has 0 radical (unpaired) electrons.